The van der Waals surface area contributed by atoms with Crippen LogP contribution in [0.25, 0.3) is 0 Å². The van der Waals surface area contributed by atoms with Crippen molar-refractivity contribution < 1.29 is 4.79 Å². The molecule has 2 aromatic carbocycles. The first kappa shape index (κ1) is 16.6. The van der Waals surface area contributed by atoms with E-state index in [1.54, 1.807) is 0 Å². The van der Waals surface area contributed by atoms with Crippen LogP contribution in [0, 0.1) is 12.8 Å². The van der Waals surface area contributed by atoms with Gasteiger partial charge in [-0.3, -0.25) is 4.79 Å². The lowest BCUT2D eigenvalue weighted by Crippen LogP contribution is -2.24. The van der Waals surface area contributed by atoms with Gasteiger partial charge in [0.15, 0.2) is 0 Å². The summed E-state index contributed by atoms with van der Waals surface area (Å²) >= 11 is 0. The second-order valence-corrected chi connectivity index (χ2v) is 6.68. The van der Waals surface area contributed by atoms with E-state index in [2.05, 4.69) is 41.8 Å². The van der Waals surface area contributed by atoms with Crippen molar-refractivity contribution in [3.63, 3.8) is 0 Å². The Labute approximate surface area is 144 Å². The zero-order valence-electron chi connectivity index (χ0n) is 14.3. The van der Waals surface area contributed by atoms with E-state index in [1.807, 2.05) is 24.3 Å². The molecule has 1 fully saturated rings. The lowest BCUT2D eigenvalue weighted by molar-refractivity contribution is -0.120. The van der Waals surface area contributed by atoms with Gasteiger partial charge in [-0.2, -0.15) is 0 Å². The molecule has 2 N–H and O–H groups in total. The first-order chi connectivity index (χ1) is 11.7. The molecule has 24 heavy (non-hydrogen) atoms. The Morgan fingerprint density at radius 1 is 0.958 bits per heavy atom. The molecule has 0 spiro atoms. The van der Waals surface area contributed by atoms with Crippen LogP contribution in [-0.2, 0) is 11.3 Å². The highest BCUT2D eigenvalue weighted by molar-refractivity contribution is 5.92. The number of aryl methyl sites for hydroxylation is 1. The van der Waals surface area contributed by atoms with E-state index in [-0.39, 0.29) is 11.8 Å². The van der Waals surface area contributed by atoms with Gasteiger partial charge in [0.25, 0.3) is 0 Å². The fourth-order valence-corrected chi connectivity index (χ4v) is 3.29. The summed E-state index contributed by atoms with van der Waals surface area (Å²) in [5.41, 5.74) is 4.54. The summed E-state index contributed by atoms with van der Waals surface area (Å²) in [4.78, 5) is 12.3. The van der Waals surface area contributed by atoms with Crippen LogP contribution in [-0.4, -0.2) is 5.91 Å². The minimum atomic E-state index is 0.176. The van der Waals surface area contributed by atoms with Gasteiger partial charge in [-0.25, -0.2) is 0 Å². The molecule has 0 saturated heterocycles. The fourth-order valence-electron chi connectivity index (χ4n) is 3.29. The van der Waals surface area contributed by atoms with Crippen molar-refractivity contribution in [2.75, 3.05) is 10.6 Å². The Balaban J connectivity index is 1.53. The number of rotatable bonds is 5. The van der Waals surface area contributed by atoms with E-state index in [9.17, 15) is 4.79 Å². The molecule has 1 aliphatic carbocycles. The number of benzene rings is 2. The first-order valence-electron chi connectivity index (χ1n) is 8.92. The van der Waals surface area contributed by atoms with Crippen molar-refractivity contribution in [3.05, 3.63) is 59.7 Å². The molecule has 0 heterocycles. The molecule has 0 aliphatic heterocycles. The molecule has 3 heteroatoms. The highest BCUT2D eigenvalue weighted by Gasteiger charge is 2.20. The molecule has 0 bridgehead atoms. The number of carbonyl (C=O) groups excluding carboxylic acids is 1. The van der Waals surface area contributed by atoms with E-state index >= 15 is 0 Å². The summed E-state index contributed by atoms with van der Waals surface area (Å²) in [6.07, 6.45) is 5.69. The maximum absolute atomic E-state index is 12.3. The van der Waals surface area contributed by atoms with Gasteiger partial charge in [-0.1, -0.05) is 43.5 Å². The topological polar surface area (TPSA) is 41.1 Å². The zero-order valence-corrected chi connectivity index (χ0v) is 14.3. The maximum atomic E-state index is 12.3. The third-order valence-corrected chi connectivity index (χ3v) is 4.87. The smallest absolute Gasteiger partial charge is 0.227 e. The molecular weight excluding hydrogens is 296 g/mol. The fraction of sp³-hybridized carbons (Fsp3) is 0.381. The molecule has 0 atom stereocenters. The van der Waals surface area contributed by atoms with Crippen molar-refractivity contribution in [1.82, 2.24) is 0 Å². The number of amides is 1. The Morgan fingerprint density at radius 2 is 1.62 bits per heavy atom. The summed E-state index contributed by atoms with van der Waals surface area (Å²) in [6.45, 7) is 2.93. The average Bonchev–Trinajstić information content (AvgIpc) is 2.63. The van der Waals surface area contributed by atoms with Crippen molar-refractivity contribution in [2.45, 2.75) is 45.6 Å². The van der Waals surface area contributed by atoms with Gasteiger partial charge in [0.1, 0.15) is 0 Å². The van der Waals surface area contributed by atoms with Crippen molar-refractivity contribution in [3.8, 4) is 0 Å². The second-order valence-electron chi connectivity index (χ2n) is 6.68. The Morgan fingerprint density at radius 3 is 2.33 bits per heavy atom. The molecular formula is C21H26N2O. The van der Waals surface area contributed by atoms with Crippen LogP contribution in [0.15, 0.2) is 48.5 Å². The van der Waals surface area contributed by atoms with E-state index in [4.69, 9.17) is 0 Å². The van der Waals surface area contributed by atoms with Gasteiger partial charge in [0, 0.05) is 23.8 Å². The van der Waals surface area contributed by atoms with Gasteiger partial charge in [0.2, 0.25) is 5.91 Å². The van der Waals surface area contributed by atoms with Crippen LogP contribution in [0.2, 0.25) is 0 Å². The summed E-state index contributed by atoms with van der Waals surface area (Å²) in [5.74, 6) is 0.368. The van der Waals surface area contributed by atoms with Crippen LogP contribution in [0.4, 0.5) is 11.4 Å². The molecule has 2 aromatic rings. The summed E-state index contributed by atoms with van der Waals surface area (Å²) in [6, 6.07) is 16.4. The maximum Gasteiger partial charge on any atom is 0.227 e. The summed E-state index contributed by atoms with van der Waals surface area (Å²) in [5, 5.41) is 6.49. The van der Waals surface area contributed by atoms with E-state index < -0.39 is 0 Å². The van der Waals surface area contributed by atoms with Crippen LogP contribution in [0.5, 0.6) is 0 Å². The second kappa shape index (κ2) is 8.00. The van der Waals surface area contributed by atoms with Crippen LogP contribution in [0.1, 0.15) is 43.2 Å². The minimum Gasteiger partial charge on any atom is -0.381 e. The first-order valence-corrected chi connectivity index (χ1v) is 8.92. The summed E-state index contributed by atoms with van der Waals surface area (Å²) < 4.78 is 0. The highest BCUT2D eigenvalue weighted by atomic mass is 16.1. The van der Waals surface area contributed by atoms with E-state index in [1.165, 1.54) is 30.4 Å². The van der Waals surface area contributed by atoms with Gasteiger partial charge in [-0.05, 0) is 55.2 Å². The molecule has 1 saturated carbocycles. The highest BCUT2D eigenvalue weighted by Crippen LogP contribution is 2.25. The molecule has 0 radical (unpaired) electrons. The predicted octanol–water partition coefficient (Wildman–Crippen LogP) is 5.13. The molecule has 0 aromatic heterocycles. The number of carbonyl (C=O) groups is 1. The standard InChI is InChI=1S/C21H26N2O/c1-16-7-5-6-10-18(16)15-22-19-11-13-20(14-12-19)23-21(24)17-8-3-2-4-9-17/h5-7,10-14,17,22H,2-4,8-9,15H2,1H3,(H,23,24). The third-order valence-electron chi connectivity index (χ3n) is 4.87. The number of nitrogens with one attached hydrogen (secondary N) is 2. The minimum absolute atomic E-state index is 0.176. The molecule has 1 aliphatic rings. The largest absolute Gasteiger partial charge is 0.381 e. The average molecular weight is 322 g/mol. The SMILES string of the molecule is Cc1ccccc1CNc1ccc(NC(=O)C2CCCCC2)cc1. The zero-order chi connectivity index (χ0) is 16.8. The number of anilines is 2. The lowest BCUT2D eigenvalue weighted by atomic mass is 9.88. The number of hydrogen-bond acceptors (Lipinski definition) is 2. The van der Waals surface area contributed by atoms with Crippen molar-refractivity contribution in [2.24, 2.45) is 5.92 Å². The van der Waals surface area contributed by atoms with Gasteiger partial charge in [-0.15, -0.1) is 0 Å². The van der Waals surface area contributed by atoms with Crippen molar-refractivity contribution >= 4 is 17.3 Å². The molecule has 0 unspecified atom stereocenters. The van der Waals surface area contributed by atoms with E-state index in [0.717, 1.165) is 30.8 Å². The normalized spacial score (nSPS) is 15.0. The molecule has 1 amide bonds. The lowest BCUT2D eigenvalue weighted by Gasteiger charge is -2.20. The van der Waals surface area contributed by atoms with E-state index in [0.29, 0.717) is 0 Å². The molecule has 3 nitrogen and oxygen atoms in total. The summed E-state index contributed by atoms with van der Waals surface area (Å²) in [7, 11) is 0. The van der Waals surface area contributed by atoms with Crippen LogP contribution >= 0.6 is 0 Å². The van der Waals surface area contributed by atoms with Crippen LogP contribution < -0.4 is 10.6 Å². The molecule has 3 rings (SSSR count). The predicted molar refractivity (Wildman–Crippen MR) is 100 cm³/mol. The Hall–Kier alpha value is -2.29. The van der Waals surface area contributed by atoms with Crippen molar-refractivity contribution in [1.29, 1.82) is 0 Å². The monoisotopic (exact) mass is 322 g/mol. The van der Waals surface area contributed by atoms with Gasteiger partial charge in [0.05, 0.1) is 0 Å². The third kappa shape index (κ3) is 4.38. The van der Waals surface area contributed by atoms with Gasteiger partial charge < -0.3 is 10.6 Å². The van der Waals surface area contributed by atoms with Crippen LogP contribution in [0.3, 0.4) is 0 Å². The number of hydrogen-bond donors (Lipinski definition) is 2. The molecule has 126 valence electrons. The quantitative estimate of drug-likeness (QED) is 0.801. The Kier molecular flexibility index (Phi) is 5.52. The van der Waals surface area contributed by atoms with Gasteiger partial charge >= 0.3 is 0 Å². The Bertz CT molecular complexity index is 672.